The van der Waals surface area contributed by atoms with E-state index in [-0.39, 0.29) is 0 Å². The summed E-state index contributed by atoms with van der Waals surface area (Å²) < 4.78 is 15.9. The molecule has 118 valence electrons. The lowest BCUT2D eigenvalue weighted by molar-refractivity contribution is 0.213. The second-order valence-electron chi connectivity index (χ2n) is 5.05. The van der Waals surface area contributed by atoms with E-state index in [1.54, 1.807) is 39.7 Å². The molecule has 0 saturated heterocycles. The van der Waals surface area contributed by atoms with Gasteiger partial charge in [0.05, 0.1) is 27.0 Å². The molecule has 0 aliphatic rings. The van der Waals surface area contributed by atoms with Crippen LogP contribution in [-0.4, -0.2) is 31.4 Å². The van der Waals surface area contributed by atoms with E-state index >= 15 is 0 Å². The molecule has 0 saturated carbocycles. The highest BCUT2D eigenvalue weighted by Gasteiger charge is 2.19. The van der Waals surface area contributed by atoms with Gasteiger partial charge in [0.25, 0.3) is 0 Å². The summed E-state index contributed by atoms with van der Waals surface area (Å²) in [5, 5.41) is 10.6. The Balaban J connectivity index is 2.48. The average molecular weight is 303 g/mol. The molecular weight excluding hydrogens is 282 g/mol. The van der Waals surface area contributed by atoms with Gasteiger partial charge >= 0.3 is 0 Å². The summed E-state index contributed by atoms with van der Waals surface area (Å²) in [5.41, 5.74) is 3.37. The smallest absolute Gasteiger partial charge is 0.203 e. The van der Waals surface area contributed by atoms with E-state index in [1.165, 1.54) is 0 Å². The van der Waals surface area contributed by atoms with E-state index in [0.29, 0.717) is 28.5 Å². The van der Waals surface area contributed by atoms with Gasteiger partial charge in [-0.25, -0.2) is 0 Å². The fourth-order valence-corrected chi connectivity index (χ4v) is 2.23. The monoisotopic (exact) mass is 303 g/mol. The number of hydrogen-bond donors (Lipinski definition) is 1. The van der Waals surface area contributed by atoms with Gasteiger partial charge in [-0.3, -0.25) is 4.98 Å². The van der Waals surface area contributed by atoms with Crippen LogP contribution in [0.1, 0.15) is 28.5 Å². The van der Waals surface area contributed by atoms with Crippen LogP contribution >= 0.6 is 0 Å². The third-order valence-electron chi connectivity index (χ3n) is 3.68. The van der Waals surface area contributed by atoms with Gasteiger partial charge in [-0.1, -0.05) is 0 Å². The summed E-state index contributed by atoms with van der Waals surface area (Å²) in [6.45, 7) is 3.97. The van der Waals surface area contributed by atoms with Crippen LogP contribution in [-0.2, 0) is 0 Å². The van der Waals surface area contributed by atoms with Gasteiger partial charge < -0.3 is 19.3 Å². The number of aliphatic hydroxyl groups excluding tert-OH is 1. The minimum Gasteiger partial charge on any atom is -0.493 e. The number of ether oxygens (including phenoxy) is 3. The number of rotatable bonds is 5. The highest BCUT2D eigenvalue weighted by Crippen LogP contribution is 2.40. The molecule has 0 bridgehead atoms. The molecule has 22 heavy (non-hydrogen) atoms. The fourth-order valence-electron chi connectivity index (χ4n) is 2.23. The molecule has 1 heterocycles. The summed E-state index contributed by atoms with van der Waals surface area (Å²) in [6, 6.07) is 5.33. The van der Waals surface area contributed by atoms with E-state index in [0.717, 1.165) is 11.1 Å². The van der Waals surface area contributed by atoms with Gasteiger partial charge in [0.15, 0.2) is 11.5 Å². The average Bonchev–Trinajstić information content (AvgIpc) is 2.55. The normalized spacial score (nSPS) is 11.9. The predicted octanol–water partition coefficient (Wildman–Crippen LogP) is 2.81. The fraction of sp³-hybridized carbons (Fsp3) is 0.353. The number of aromatic nitrogens is 1. The Labute approximate surface area is 130 Å². The molecule has 5 heteroatoms. The van der Waals surface area contributed by atoms with Gasteiger partial charge in [0, 0.05) is 6.20 Å². The molecule has 0 fully saturated rings. The topological polar surface area (TPSA) is 60.8 Å². The maximum atomic E-state index is 10.6. The molecule has 0 amide bonds. The Morgan fingerprint density at radius 2 is 1.50 bits per heavy atom. The van der Waals surface area contributed by atoms with Crippen molar-refractivity contribution >= 4 is 0 Å². The van der Waals surface area contributed by atoms with Crippen LogP contribution < -0.4 is 14.2 Å². The van der Waals surface area contributed by atoms with Crippen molar-refractivity contribution in [2.75, 3.05) is 21.3 Å². The molecule has 2 rings (SSSR count). The first-order chi connectivity index (χ1) is 10.5. The number of methoxy groups -OCH3 is 3. The van der Waals surface area contributed by atoms with E-state index in [9.17, 15) is 5.11 Å². The Morgan fingerprint density at radius 1 is 0.909 bits per heavy atom. The summed E-state index contributed by atoms with van der Waals surface area (Å²) >= 11 is 0. The van der Waals surface area contributed by atoms with Crippen LogP contribution in [0.3, 0.4) is 0 Å². The summed E-state index contributed by atoms with van der Waals surface area (Å²) in [6.07, 6.45) is 0.888. The number of nitrogens with zero attached hydrogens (tertiary/aromatic N) is 1. The molecule has 0 aliphatic heterocycles. The Kier molecular flexibility index (Phi) is 4.88. The molecule has 0 aliphatic carbocycles. The van der Waals surface area contributed by atoms with Crippen LogP contribution in [0.25, 0.3) is 0 Å². The van der Waals surface area contributed by atoms with Crippen LogP contribution in [0.4, 0.5) is 0 Å². The van der Waals surface area contributed by atoms with E-state index in [4.69, 9.17) is 14.2 Å². The molecule has 2 aromatic rings. The third kappa shape index (κ3) is 2.99. The summed E-state index contributed by atoms with van der Waals surface area (Å²) in [7, 11) is 4.63. The predicted molar refractivity (Wildman–Crippen MR) is 83.9 cm³/mol. The van der Waals surface area contributed by atoms with Crippen molar-refractivity contribution in [1.29, 1.82) is 0 Å². The number of benzene rings is 1. The first-order valence-electron chi connectivity index (χ1n) is 6.93. The van der Waals surface area contributed by atoms with Crippen LogP contribution in [0.5, 0.6) is 17.2 Å². The van der Waals surface area contributed by atoms with Crippen LogP contribution in [0.2, 0.25) is 0 Å². The van der Waals surface area contributed by atoms with Gasteiger partial charge in [-0.2, -0.15) is 0 Å². The van der Waals surface area contributed by atoms with E-state index in [1.807, 2.05) is 19.9 Å². The second-order valence-corrected chi connectivity index (χ2v) is 5.05. The standard InChI is InChI=1S/C17H21NO4/c1-10-6-13(18-9-11(10)2)16(19)12-7-14(20-3)17(22-5)15(8-12)21-4/h6-9,16,19H,1-5H3. The zero-order valence-corrected chi connectivity index (χ0v) is 13.5. The minimum absolute atomic E-state index is 0.494. The molecule has 1 N–H and O–H groups in total. The third-order valence-corrected chi connectivity index (χ3v) is 3.68. The highest BCUT2D eigenvalue weighted by atomic mass is 16.5. The molecular formula is C17H21NO4. The maximum Gasteiger partial charge on any atom is 0.203 e. The van der Waals surface area contributed by atoms with E-state index in [2.05, 4.69) is 4.98 Å². The first-order valence-corrected chi connectivity index (χ1v) is 6.93. The second kappa shape index (κ2) is 6.66. The summed E-state index contributed by atoms with van der Waals surface area (Å²) in [5.74, 6) is 1.49. The van der Waals surface area contributed by atoms with Crippen LogP contribution in [0, 0.1) is 13.8 Å². The quantitative estimate of drug-likeness (QED) is 0.920. The number of pyridine rings is 1. The number of aryl methyl sites for hydroxylation is 2. The Morgan fingerprint density at radius 3 is 1.95 bits per heavy atom. The van der Waals surface area contributed by atoms with Gasteiger partial charge in [-0.05, 0) is 48.7 Å². The lowest BCUT2D eigenvalue weighted by Crippen LogP contribution is -2.05. The lowest BCUT2D eigenvalue weighted by atomic mass is 10.0. The van der Waals surface area contributed by atoms with Gasteiger partial charge in [0.2, 0.25) is 5.75 Å². The SMILES string of the molecule is COc1cc(C(O)c2cc(C)c(C)cn2)cc(OC)c1OC. The van der Waals surface area contributed by atoms with Crippen molar-refractivity contribution < 1.29 is 19.3 Å². The minimum atomic E-state index is -0.868. The Hall–Kier alpha value is -2.27. The molecule has 1 atom stereocenters. The first kappa shape index (κ1) is 16.1. The number of aliphatic hydroxyl groups is 1. The highest BCUT2D eigenvalue weighted by molar-refractivity contribution is 5.55. The molecule has 5 nitrogen and oxygen atoms in total. The van der Waals surface area contributed by atoms with Crippen molar-refractivity contribution in [1.82, 2.24) is 4.98 Å². The lowest BCUT2D eigenvalue weighted by Gasteiger charge is -2.17. The molecule has 0 radical (unpaired) electrons. The van der Waals surface area contributed by atoms with E-state index < -0.39 is 6.10 Å². The Bertz CT molecular complexity index is 645. The largest absolute Gasteiger partial charge is 0.493 e. The van der Waals surface area contributed by atoms with Crippen molar-refractivity contribution in [2.45, 2.75) is 20.0 Å². The zero-order valence-electron chi connectivity index (χ0n) is 13.5. The molecule has 1 aromatic heterocycles. The van der Waals surface area contributed by atoms with Crippen molar-refractivity contribution in [3.63, 3.8) is 0 Å². The number of hydrogen-bond acceptors (Lipinski definition) is 5. The van der Waals surface area contributed by atoms with Gasteiger partial charge in [0.1, 0.15) is 6.10 Å². The van der Waals surface area contributed by atoms with Crippen molar-refractivity contribution in [3.05, 3.63) is 46.8 Å². The van der Waals surface area contributed by atoms with Crippen molar-refractivity contribution in [3.8, 4) is 17.2 Å². The zero-order chi connectivity index (χ0) is 16.3. The molecule has 1 aromatic carbocycles. The van der Waals surface area contributed by atoms with Crippen LogP contribution in [0.15, 0.2) is 24.4 Å². The van der Waals surface area contributed by atoms with Gasteiger partial charge in [-0.15, -0.1) is 0 Å². The summed E-state index contributed by atoms with van der Waals surface area (Å²) in [4.78, 5) is 4.31. The van der Waals surface area contributed by atoms with Crippen molar-refractivity contribution in [2.24, 2.45) is 0 Å². The molecule has 0 spiro atoms. The maximum absolute atomic E-state index is 10.6. The molecule has 1 unspecified atom stereocenters.